The van der Waals surface area contributed by atoms with Crippen molar-refractivity contribution in [2.75, 3.05) is 11.9 Å². The fourth-order valence-corrected chi connectivity index (χ4v) is 3.07. The van der Waals surface area contributed by atoms with E-state index in [4.69, 9.17) is 0 Å². The average Bonchev–Trinajstić information content (AvgIpc) is 2.71. The number of nitrogens with zero attached hydrogens (tertiary/aromatic N) is 1. The van der Waals surface area contributed by atoms with Gasteiger partial charge in [-0.1, -0.05) is 36.8 Å². The molecule has 0 aromatic heterocycles. The molecule has 0 saturated carbocycles. The SMILES string of the molecule is CCC(=O)N1CC(=O)Nc2ccc(C)cc2C1c1ccc(F)cc1. The number of hydrogen-bond donors (Lipinski definition) is 1. The van der Waals surface area contributed by atoms with E-state index in [1.54, 1.807) is 24.0 Å². The highest BCUT2D eigenvalue weighted by Crippen LogP contribution is 2.36. The highest BCUT2D eigenvalue weighted by Gasteiger charge is 2.32. The summed E-state index contributed by atoms with van der Waals surface area (Å²) in [5, 5.41) is 2.86. The molecule has 0 aliphatic carbocycles. The van der Waals surface area contributed by atoms with E-state index in [1.165, 1.54) is 12.1 Å². The Bertz CT molecular complexity index is 786. The number of aryl methyl sites for hydroxylation is 1. The molecule has 1 atom stereocenters. The van der Waals surface area contributed by atoms with Gasteiger partial charge in [0, 0.05) is 17.7 Å². The van der Waals surface area contributed by atoms with Crippen molar-refractivity contribution in [2.45, 2.75) is 26.3 Å². The van der Waals surface area contributed by atoms with Gasteiger partial charge >= 0.3 is 0 Å². The first kappa shape index (κ1) is 16.2. The Labute approximate surface area is 140 Å². The predicted octanol–water partition coefficient (Wildman–Crippen LogP) is 3.41. The number of fused-ring (bicyclic) bond motifs is 1. The minimum absolute atomic E-state index is 0.0254. The van der Waals surface area contributed by atoms with Crippen molar-refractivity contribution in [3.8, 4) is 0 Å². The van der Waals surface area contributed by atoms with Crippen LogP contribution in [-0.2, 0) is 9.59 Å². The van der Waals surface area contributed by atoms with E-state index < -0.39 is 6.04 Å². The second kappa shape index (κ2) is 6.43. The zero-order valence-electron chi connectivity index (χ0n) is 13.7. The number of rotatable bonds is 2. The molecule has 1 aliphatic rings. The molecular weight excluding hydrogens is 307 g/mol. The van der Waals surface area contributed by atoms with Gasteiger partial charge in [-0.2, -0.15) is 0 Å². The summed E-state index contributed by atoms with van der Waals surface area (Å²) in [4.78, 5) is 26.3. The average molecular weight is 326 g/mol. The van der Waals surface area contributed by atoms with E-state index in [0.29, 0.717) is 12.1 Å². The molecule has 2 aromatic carbocycles. The summed E-state index contributed by atoms with van der Waals surface area (Å²) in [6.45, 7) is 3.70. The van der Waals surface area contributed by atoms with Gasteiger partial charge in [-0.15, -0.1) is 0 Å². The van der Waals surface area contributed by atoms with Gasteiger partial charge in [0.05, 0.1) is 6.04 Å². The van der Waals surface area contributed by atoms with Crippen molar-refractivity contribution in [2.24, 2.45) is 0 Å². The van der Waals surface area contributed by atoms with Crippen LogP contribution in [0.2, 0.25) is 0 Å². The maximum absolute atomic E-state index is 13.3. The molecule has 0 saturated heterocycles. The van der Waals surface area contributed by atoms with Crippen molar-refractivity contribution in [1.82, 2.24) is 4.90 Å². The topological polar surface area (TPSA) is 49.4 Å². The standard InChI is InChI=1S/C19H19FN2O2/c1-3-18(24)22-11-17(23)21-16-9-4-12(2)10-15(16)19(22)13-5-7-14(20)8-6-13/h4-10,19H,3,11H2,1-2H3,(H,21,23). The van der Waals surface area contributed by atoms with Crippen LogP contribution in [0.25, 0.3) is 0 Å². The van der Waals surface area contributed by atoms with E-state index in [-0.39, 0.29) is 24.2 Å². The van der Waals surface area contributed by atoms with Gasteiger partial charge in [-0.05, 0) is 30.7 Å². The van der Waals surface area contributed by atoms with E-state index in [0.717, 1.165) is 16.7 Å². The first-order valence-corrected chi connectivity index (χ1v) is 7.95. The summed E-state index contributed by atoms with van der Waals surface area (Å²) in [5.74, 6) is -0.681. The number of anilines is 1. The second-order valence-electron chi connectivity index (χ2n) is 5.97. The number of halogens is 1. The third-order valence-electron chi connectivity index (χ3n) is 4.21. The van der Waals surface area contributed by atoms with Crippen molar-refractivity contribution in [3.05, 3.63) is 65.0 Å². The molecule has 1 heterocycles. The molecule has 124 valence electrons. The Balaban J connectivity index is 2.20. The summed E-state index contributed by atoms with van der Waals surface area (Å²) >= 11 is 0. The van der Waals surface area contributed by atoms with Crippen molar-refractivity contribution in [1.29, 1.82) is 0 Å². The molecule has 1 unspecified atom stereocenters. The molecule has 1 aliphatic heterocycles. The third kappa shape index (κ3) is 3.02. The van der Waals surface area contributed by atoms with Crippen LogP contribution in [-0.4, -0.2) is 23.3 Å². The first-order valence-electron chi connectivity index (χ1n) is 7.95. The van der Waals surface area contributed by atoms with E-state index in [1.807, 2.05) is 25.1 Å². The van der Waals surface area contributed by atoms with Crippen molar-refractivity contribution in [3.63, 3.8) is 0 Å². The Morgan fingerprint density at radius 2 is 1.96 bits per heavy atom. The van der Waals surface area contributed by atoms with Crippen LogP contribution in [0.3, 0.4) is 0 Å². The summed E-state index contributed by atoms with van der Waals surface area (Å²) < 4.78 is 13.3. The molecule has 1 N–H and O–H groups in total. The Morgan fingerprint density at radius 1 is 1.25 bits per heavy atom. The molecule has 2 amide bonds. The highest BCUT2D eigenvalue weighted by atomic mass is 19.1. The Morgan fingerprint density at radius 3 is 2.62 bits per heavy atom. The van der Waals surface area contributed by atoms with Gasteiger partial charge in [0.1, 0.15) is 12.4 Å². The number of nitrogens with one attached hydrogen (secondary N) is 1. The molecule has 24 heavy (non-hydrogen) atoms. The van der Waals surface area contributed by atoms with Crippen LogP contribution in [0, 0.1) is 12.7 Å². The van der Waals surface area contributed by atoms with Crippen LogP contribution in [0.4, 0.5) is 10.1 Å². The van der Waals surface area contributed by atoms with Gasteiger partial charge in [0.25, 0.3) is 0 Å². The molecule has 0 spiro atoms. The van der Waals surface area contributed by atoms with Crippen LogP contribution in [0.1, 0.15) is 36.1 Å². The third-order valence-corrected chi connectivity index (χ3v) is 4.21. The zero-order chi connectivity index (χ0) is 17.3. The molecule has 4 nitrogen and oxygen atoms in total. The van der Waals surface area contributed by atoms with Gasteiger partial charge in [0.2, 0.25) is 11.8 Å². The maximum Gasteiger partial charge on any atom is 0.244 e. The number of amides is 2. The molecule has 0 radical (unpaired) electrons. The van der Waals surface area contributed by atoms with Gasteiger partial charge in [-0.25, -0.2) is 4.39 Å². The minimum atomic E-state index is -0.424. The summed E-state index contributed by atoms with van der Waals surface area (Å²) in [5.41, 5.74) is 3.34. The van der Waals surface area contributed by atoms with Crippen LogP contribution < -0.4 is 5.32 Å². The molecule has 3 rings (SSSR count). The molecule has 0 bridgehead atoms. The first-order chi connectivity index (χ1) is 11.5. The largest absolute Gasteiger partial charge is 0.324 e. The van der Waals surface area contributed by atoms with Crippen molar-refractivity contribution < 1.29 is 14.0 Å². The van der Waals surface area contributed by atoms with E-state index in [9.17, 15) is 14.0 Å². The smallest absolute Gasteiger partial charge is 0.244 e. The minimum Gasteiger partial charge on any atom is -0.324 e. The van der Waals surface area contributed by atoms with E-state index >= 15 is 0 Å². The van der Waals surface area contributed by atoms with Crippen LogP contribution in [0.15, 0.2) is 42.5 Å². The fraction of sp³-hybridized carbons (Fsp3) is 0.263. The number of benzene rings is 2. The molecule has 5 heteroatoms. The fourth-order valence-electron chi connectivity index (χ4n) is 3.07. The maximum atomic E-state index is 13.3. The predicted molar refractivity (Wildman–Crippen MR) is 90.1 cm³/mol. The molecule has 2 aromatic rings. The number of hydrogen-bond acceptors (Lipinski definition) is 2. The summed E-state index contributed by atoms with van der Waals surface area (Å²) in [6.07, 6.45) is 0.298. The van der Waals surface area contributed by atoms with Gasteiger partial charge in [0.15, 0.2) is 0 Å². The Hall–Kier alpha value is -2.69. The van der Waals surface area contributed by atoms with E-state index in [2.05, 4.69) is 5.32 Å². The number of carbonyl (C=O) groups excluding carboxylic acids is 2. The second-order valence-corrected chi connectivity index (χ2v) is 5.97. The van der Waals surface area contributed by atoms with Gasteiger partial charge < -0.3 is 10.2 Å². The zero-order valence-corrected chi connectivity index (χ0v) is 13.7. The van der Waals surface area contributed by atoms with Gasteiger partial charge in [-0.3, -0.25) is 9.59 Å². The summed E-state index contributed by atoms with van der Waals surface area (Å²) in [7, 11) is 0. The normalized spacial score (nSPS) is 17.0. The molecular formula is C19H19FN2O2. The lowest BCUT2D eigenvalue weighted by molar-refractivity contribution is -0.135. The number of carbonyl (C=O) groups is 2. The lowest BCUT2D eigenvalue weighted by Crippen LogP contribution is -2.38. The highest BCUT2D eigenvalue weighted by molar-refractivity contribution is 5.97. The lowest BCUT2D eigenvalue weighted by atomic mass is 9.94. The van der Waals surface area contributed by atoms with Crippen LogP contribution in [0.5, 0.6) is 0 Å². The lowest BCUT2D eigenvalue weighted by Gasteiger charge is -2.30. The quantitative estimate of drug-likeness (QED) is 0.919. The van der Waals surface area contributed by atoms with Crippen molar-refractivity contribution >= 4 is 17.5 Å². The Kier molecular flexibility index (Phi) is 4.34. The monoisotopic (exact) mass is 326 g/mol. The molecule has 0 fully saturated rings. The van der Waals surface area contributed by atoms with Crippen LogP contribution >= 0.6 is 0 Å². The summed E-state index contributed by atoms with van der Waals surface area (Å²) in [6, 6.07) is 11.4.